The topological polar surface area (TPSA) is 99.8 Å². The molecule has 37 heavy (non-hydrogen) atoms. The van der Waals surface area contributed by atoms with Crippen LogP contribution in [0.2, 0.25) is 0 Å². The molecule has 5 atom stereocenters. The second-order valence-corrected chi connectivity index (χ2v) is 10.5. The Kier molecular flexibility index (Phi) is 9.23. The third-order valence-corrected chi connectivity index (χ3v) is 8.21. The number of nitrogens with one attached hydrogen (secondary N) is 3. The highest BCUT2D eigenvalue weighted by molar-refractivity contribution is 5.93. The van der Waals surface area contributed by atoms with Crippen LogP contribution in [0.3, 0.4) is 0 Å². The van der Waals surface area contributed by atoms with Crippen LogP contribution >= 0.6 is 0 Å². The van der Waals surface area contributed by atoms with Gasteiger partial charge in [-0.3, -0.25) is 14.4 Å². The fraction of sp³-hybridized carbons (Fsp3) is 0.621. The largest absolute Gasteiger partial charge is 0.363 e. The molecule has 0 bridgehead atoms. The van der Waals surface area contributed by atoms with Crippen molar-refractivity contribution >= 4 is 17.7 Å². The van der Waals surface area contributed by atoms with E-state index in [9.17, 15) is 14.4 Å². The summed E-state index contributed by atoms with van der Waals surface area (Å²) >= 11 is 0. The monoisotopic (exact) mass is 508 g/mol. The number of benzene rings is 1. The van der Waals surface area contributed by atoms with Crippen LogP contribution in [0.4, 0.5) is 0 Å². The molecule has 3 N–H and O–H groups in total. The maximum Gasteiger partial charge on any atom is 0.246 e. The van der Waals surface area contributed by atoms with Gasteiger partial charge in [0.15, 0.2) is 0 Å². The maximum absolute atomic E-state index is 13.9. The minimum absolute atomic E-state index is 0.0850. The number of rotatable bonds is 9. The molecule has 1 saturated heterocycles. The zero-order valence-corrected chi connectivity index (χ0v) is 22.0. The number of carbonyl (C=O) groups is 3. The summed E-state index contributed by atoms with van der Waals surface area (Å²) in [5, 5.41) is 9.16. The first-order chi connectivity index (χ1) is 17.9. The second kappa shape index (κ2) is 12.6. The molecule has 1 heterocycles. The van der Waals surface area contributed by atoms with Gasteiger partial charge < -0.3 is 25.6 Å². The number of hydrogen-bond acceptors (Lipinski definition) is 5. The number of fused-ring (bicyclic) bond motifs is 1. The SMILES string of the molecule is C#CCO[C@@H]1Cc2ccccc2[C@@H]1NC(=O)[C@@H]1CCCN1C(=O)[C@@H](NC(=O)[C@H](C)NC)C1CCCCC1. The molecular weight excluding hydrogens is 468 g/mol. The smallest absolute Gasteiger partial charge is 0.246 e. The van der Waals surface area contributed by atoms with Crippen LogP contribution in [0.25, 0.3) is 0 Å². The second-order valence-electron chi connectivity index (χ2n) is 10.5. The Morgan fingerprint density at radius 3 is 2.62 bits per heavy atom. The number of likely N-dealkylation sites (N-methyl/N-ethyl adjacent to an activating group) is 1. The first-order valence-corrected chi connectivity index (χ1v) is 13.7. The van der Waals surface area contributed by atoms with Gasteiger partial charge in [0.25, 0.3) is 0 Å². The van der Waals surface area contributed by atoms with Gasteiger partial charge in [0, 0.05) is 13.0 Å². The first-order valence-electron chi connectivity index (χ1n) is 13.7. The quantitative estimate of drug-likeness (QED) is 0.444. The Bertz CT molecular complexity index is 1020. The van der Waals surface area contributed by atoms with Crippen molar-refractivity contribution in [1.82, 2.24) is 20.9 Å². The Balaban J connectivity index is 1.50. The van der Waals surface area contributed by atoms with Crippen LogP contribution in [0.5, 0.6) is 0 Å². The Labute approximate surface area is 220 Å². The number of ether oxygens (including phenoxy) is 1. The molecule has 8 nitrogen and oxygen atoms in total. The molecule has 0 radical (unpaired) electrons. The van der Waals surface area contributed by atoms with E-state index >= 15 is 0 Å². The summed E-state index contributed by atoms with van der Waals surface area (Å²) in [6.07, 6.45) is 12.3. The van der Waals surface area contributed by atoms with Crippen LogP contribution in [-0.4, -0.2) is 67.1 Å². The van der Waals surface area contributed by atoms with Gasteiger partial charge in [-0.1, -0.05) is 49.4 Å². The average molecular weight is 509 g/mol. The van der Waals surface area contributed by atoms with Crippen LogP contribution in [-0.2, 0) is 25.5 Å². The van der Waals surface area contributed by atoms with Crippen molar-refractivity contribution in [3.63, 3.8) is 0 Å². The van der Waals surface area contributed by atoms with E-state index in [0.29, 0.717) is 19.4 Å². The standard InChI is InChI=1S/C29H40N4O4/c1-4-17-37-24-18-21-13-8-9-14-22(21)26(24)32-28(35)23-15-10-16-33(23)29(36)25(20-11-6-5-7-12-20)31-27(34)19(2)30-3/h1,8-9,13-14,19-20,23-26,30H,5-7,10-12,15-18H2,2-3H3,(H,31,34)(H,32,35)/t19-,23-,24+,25-,26-/m0/s1. The first kappa shape index (κ1) is 27.2. The highest BCUT2D eigenvalue weighted by Gasteiger charge is 2.43. The summed E-state index contributed by atoms with van der Waals surface area (Å²) in [5.41, 5.74) is 2.16. The predicted octanol–water partition coefficient (Wildman–Crippen LogP) is 2.08. The van der Waals surface area contributed by atoms with Crippen molar-refractivity contribution < 1.29 is 19.1 Å². The molecule has 3 amide bonds. The molecule has 3 aliphatic rings. The van der Waals surface area contributed by atoms with E-state index in [1.807, 2.05) is 24.3 Å². The average Bonchev–Trinajstić information content (AvgIpc) is 3.55. The van der Waals surface area contributed by atoms with Gasteiger partial charge in [0.05, 0.1) is 18.2 Å². The zero-order chi connectivity index (χ0) is 26.4. The van der Waals surface area contributed by atoms with Gasteiger partial charge in [-0.05, 0) is 56.7 Å². The molecule has 1 aliphatic heterocycles. The fourth-order valence-corrected chi connectivity index (χ4v) is 6.03. The van der Waals surface area contributed by atoms with Gasteiger partial charge in [-0.2, -0.15) is 0 Å². The molecule has 1 saturated carbocycles. The molecule has 8 heteroatoms. The number of terminal acetylenes is 1. The molecule has 0 spiro atoms. The van der Waals surface area contributed by atoms with Gasteiger partial charge in [0.1, 0.15) is 18.7 Å². The molecule has 1 aromatic carbocycles. The summed E-state index contributed by atoms with van der Waals surface area (Å²) in [7, 11) is 1.73. The lowest BCUT2D eigenvalue weighted by Gasteiger charge is -2.35. The minimum atomic E-state index is -0.615. The third-order valence-electron chi connectivity index (χ3n) is 8.21. The summed E-state index contributed by atoms with van der Waals surface area (Å²) < 4.78 is 5.89. The normalized spacial score (nSPS) is 25.1. The van der Waals surface area contributed by atoms with E-state index in [-0.39, 0.29) is 42.4 Å². The fourth-order valence-electron chi connectivity index (χ4n) is 6.03. The molecule has 4 rings (SSSR count). The molecule has 2 fully saturated rings. The van der Waals surface area contributed by atoms with Gasteiger partial charge in [-0.25, -0.2) is 0 Å². The van der Waals surface area contributed by atoms with E-state index in [4.69, 9.17) is 11.2 Å². The number of nitrogens with zero attached hydrogens (tertiary/aromatic N) is 1. The molecule has 0 unspecified atom stereocenters. The zero-order valence-electron chi connectivity index (χ0n) is 22.0. The predicted molar refractivity (Wildman–Crippen MR) is 141 cm³/mol. The van der Waals surface area contributed by atoms with E-state index in [2.05, 4.69) is 21.9 Å². The maximum atomic E-state index is 13.9. The Hall–Kier alpha value is -2.89. The number of likely N-dealkylation sites (tertiary alicyclic amines) is 1. The van der Waals surface area contributed by atoms with Crippen molar-refractivity contribution in [2.75, 3.05) is 20.2 Å². The van der Waals surface area contributed by atoms with Crippen molar-refractivity contribution in [2.45, 2.75) is 88.6 Å². The van der Waals surface area contributed by atoms with Crippen LogP contribution in [0.1, 0.15) is 69.0 Å². The molecular formula is C29H40N4O4. The van der Waals surface area contributed by atoms with Gasteiger partial charge >= 0.3 is 0 Å². The van der Waals surface area contributed by atoms with Crippen LogP contribution in [0, 0.1) is 18.3 Å². The summed E-state index contributed by atoms with van der Waals surface area (Å²) in [6, 6.07) is 6.08. The lowest BCUT2D eigenvalue weighted by Crippen LogP contribution is -2.58. The number of carbonyl (C=O) groups excluding carboxylic acids is 3. The molecule has 0 aromatic heterocycles. The minimum Gasteiger partial charge on any atom is -0.363 e. The van der Waals surface area contributed by atoms with E-state index < -0.39 is 18.1 Å². The summed E-state index contributed by atoms with van der Waals surface area (Å²) in [6.45, 7) is 2.46. The van der Waals surface area contributed by atoms with E-state index in [1.54, 1.807) is 18.9 Å². The number of amides is 3. The van der Waals surface area contributed by atoms with Gasteiger partial charge in [0.2, 0.25) is 17.7 Å². The summed E-state index contributed by atoms with van der Waals surface area (Å²) in [5.74, 6) is 2.08. The van der Waals surface area contributed by atoms with Crippen molar-refractivity contribution in [2.24, 2.45) is 5.92 Å². The van der Waals surface area contributed by atoms with E-state index in [1.165, 1.54) is 0 Å². The molecule has 1 aromatic rings. The van der Waals surface area contributed by atoms with E-state index in [0.717, 1.165) is 49.7 Å². The molecule has 200 valence electrons. The highest BCUT2D eigenvalue weighted by Crippen LogP contribution is 2.34. The van der Waals surface area contributed by atoms with Gasteiger partial charge in [-0.15, -0.1) is 6.42 Å². The Morgan fingerprint density at radius 1 is 1.14 bits per heavy atom. The van der Waals surface area contributed by atoms with Crippen LogP contribution < -0.4 is 16.0 Å². The van der Waals surface area contributed by atoms with Crippen molar-refractivity contribution in [3.8, 4) is 12.3 Å². The number of hydrogen-bond donors (Lipinski definition) is 3. The highest BCUT2D eigenvalue weighted by atomic mass is 16.5. The Morgan fingerprint density at radius 2 is 1.89 bits per heavy atom. The van der Waals surface area contributed by atoms with Crippen LogP contribution in [0.15, 0.2) is 24.3 Å². The van der Waals surface area contributed by atoms with Crippen molar-refractivity contribution in [1.29, 1.82) is 0 Å². The summed E-state index contributed by atoms with van der Waals surface area (Å²) in [4.78, 5) is 42.0. The van der Waals surface area contributed by atoms with Crippen molar-refractivity contribution in [3.05, 3.63) is 35.4 Å². The lowest BCUT2D eigenvalue weighted by atomic mass is 9.83. The third kappa shape index (κ3) is 6.16. The molecule has 2 aliphatic carbocycles. The lowest BCUT2D eigenvalue weighted by molar-refractivity contribution is -0.143.